The first kappa shape index (κ1) is 11.7. The maximum Gasteiger partial charge on any atom is 0.0826 e. The van der Waals surface area contributed by atoms with E-state index in [4.69, 9.17) is 4.74 Å². The van der Waals surface area contributed by atoms with E-state index in [1.165, 1.54) is 24.5 Å². The molecule has 2 heterocycles. The summed E-state index contributed by atoms with van der Waals surface area (Å²) in [6.45, 7) is 5.24. The third kappa shape index (κ3) is 3.94. The average molecular weight is 230 g/mol. The SMILES string of the molecule is CN1CCOC(CNCC2CCSC2)C1. The number of likely N-dealkylation sites (N-methyl/N-ethyl adjacent to an activating group) is 1. The van der Waals surface area contributed by atoms with Crippen molar-refractivity contribution in [3.05, 3.63) is 0 Å². The maximum absolute atomic E-state index is 5.70. The molecule has 0 bridgehead atoms. The van der Waals surface area contributed by atoms with Crippen molar-refractivity contribution in [2.75, 3.05) is 51.3 Å². The summed E-state index contributed by atoms with van der Waals surface area (Å²) in [7, 11) is 2.17. The molecule has 0 aromatic heterocycles. The number of thioether (sulfide) groups is 1. The summed E-state index contributed by atoms with van der Waals surface area (Å²) >= 11 is 2.09. The van der Waals surface area contributed by atoms with Crippen LogP contribution in [0.1, 0.15) is 6.42 Å². The van der Waals surface area contributed by atoms with Crippen LogP contribution in [0.3, 0.4) is 0 Å². The van der Waals surface area contributed by atoms with Gasteiger partial charge in [0.15, 0.2) is 0 Å². The number of nitrogens with zero attached hydrogens (tertiary/aromatic N) is 1. The van der Waals surface area contributed by atoms with E-state index in [9.17, 15) is 0 Å². The summed E-state index contributed by atoms with van der Waals surface area (Å²) in [5, 5.41) is 3.55. The summed E-state index contributed by atoms with van der Waals surface area (Å²) in [5.41, 5.74) is 0. The van der Waals surface area contributed by atoms with E-state index in [0.717, 1.165) is 32.2 Å². The second kappa shape index (κ2) is 6.09. The van der Waals surface area contributed by atoms with E-state index in [1.54, 1.807) is 0 Å². The molecule has 2 aliphatic rings. The first-order chi connectivity index (χ1) is 7.34. The Bertz CT molecular complexity index is 185. The highest BCUT2D eigenvalue weighted by molar-refractivity contribution is 7.99. The molecule has 2 rings (SSSR count). The van der Waals surface area contributed by atoms with Gasteiger partial charge in [-0.2, -0.15) is 11.8 Å². The highest BCUT2D eigenvalue weighted by Gasteiger charge is 2.19. The zero-order valence-electron chi connectivity index (χ0n) is 9.58. The van der Waals surface area contributed by atoms with Gasteiger partial charge in [-0.15, -0.1) is 0 Å². The highest BCUT2D eigenvalue weighted by atomic mass is 32.2. The first-order valence-electron chi connectivity index (χ1n) is 5.93. The number of rotatable bonds is 4. The van der Waals surface area contributed by atoms with Gasteiger partial charge >= 0.3 is 0 Å². The van der Waals surface area contributed by atoms with Crippen LogP contribution in [-0.4, -0.2) is 62.3 Å². The van der Waals surface area contributed by atoms with Gasteiger partial charge in [0.2, 0.25) is 0 Å². The normalized spacial score (nSPS) is 33.4. The summed E-state index contributed by atoms with van der Waals surface area (Å²) < 4.78 is 5.70. The third-order valence-electron chi connectivity index (χ3n) is 3.17. The molecule has 88 valence electrons. The molecule has 0 saturated carbocycles. The summed E-state index contributed by atoms with van der Waals surface area (Å²) in [4.78, 5) is 2.35. The Kier molecular flexibility index (Phi) is 4.75. The van der Waals surface area contributed by atoms with E-state index in [2.05, 4.69) is 29.0 Å². The van der Waals surface area contributed by atoms with Crippen LogP contribution < -0.4 is 5.32 Å². The first-order valence-corrected chi connectivity index (χ1v) is 7.08. The maximum atomic E-state index is 5.70. The molecule has 0 spiro atoms. The van der Waals surface area contributed by atoms with Gasteiger partial charge in [0.05, 0.1) is 12.7 Å². The van der Waals surface area contributed by atoms with Crippen LogP contribution in [0.2, 0.25) is 0 Å². The summed E-state index contributed by atoms with van der Waals surface area (Å²) in [6, 6.07) is 0. The Morgan fingerprint density at radius 3 is 3.13 bits per heavy atom. The predicted molar refractivity (Wildman–Crippen MR) is 65.5 cm³/mol. The van der Waals surface area contributed by atoms with Gasteiger partial charge in [-0.05, 0) is 37.4 Å². The Labute approximate surface area is 96.9 Å². The lowest BCUT2D eigenvalue weighted by molar-refractivity contribution is -0.0182. The zero-order valence-corrected chi connectivity index (χ0v) is 10.4. The van der Waals surface area contributed by atoms with E-state index < -0.39 is 0 Å². The number of morpholine rings is 1. The molecule has 0 radical (unpaired) electrons. The largest absolute Gasteiger partial charge is 0.374 e. The van der Waals surface area contributed by atoms with Crippen molar-refractivity contribution >= 4 is 11.8 Å². The minimum Gasteiger partial charge on any atom is -0.374 e. The molecule has 2 saturated heterocycles. The van der Waals surface area contributed by atoms with Crippen LogP contribution in [0.25, 0.3) is 0 Å². The van der Waals surface area contributed by atoms with Gasteiger partial charge in [0, 0.05) is 19.6 Å². The molecule has 0 amide bonds. The van der Waals surface area contributed by atoms with Crippen molar-refractivity contribution < 1.29 is 4.74 Å². The summed E-state index contributed by atoms with van der Waals surface area (Å²) in [5.74, 6) is 3.60. The fraction of sp³-hybridized carbons (Fsp3) is 1.00. The second-order valence-electron chi connectivity index (χ2n) is 4.64. The van der Waals surface area contributed by atoms with Gasteiger partial charge in [0.25, 0.3) is 0 Å². The van der Waals surface area contributed by atoms with Gasteiger partial charge in [-0.25, -0.2) is 0 Å². The highest BCUT2D eigenvalue weighted by Crippen LogP contribution is 2.22. The topological polar surface area (TPSA) is 24.5 Å². The van der Waals surface area contributed by atoms with Crippen molar-refractivity contribution in [3.8, 4) is 0 Å². The van der Waals surface area contributed by atoms with Crippen LogP contribution in [0.5, 0.6) is 0 Å². The Morgan fingerprint density at radius 2 is 2.40 bits per heavy atom. The van der Waals surface area contributed by atoms with Crippen LogP contribution in [0.4, 0.5) is 0 Å². The summed E-state index contributed by atoms with van der Waals surface area (Å²) in [6.07, 6.45) is 1.79. The fourth-order valence-corrected chi connectivity index (χ4v) is 3.47. The predicted octanol–water partition coefficient (Wildman–Crippen LogP) is 0.660. The average Bonchev–Trinajstić information content (AvgIpc) is 2.71. The molecule has 3 nitrogen and oxygen atoms in total. The van der Waals surface area contributed by atoms with Crippen molar-refractivity contribution in [1.29, 1.82) is 0 Å². The monoisotopic (exact) mass is 230 g/mol. The fourth-order valence-electron chi connectivity index (χ4n) is 2.18. The van der Waals surface area contributed by atoms with Gasteiger partial charge < -0.3 is 15.0 Å². The van der Waals surface area contributed by atoms with Crippen LogP contribution in [0, 0.1) is 5.92 Å². The minimum absolute atomic E-state index is 0.401. The second-order valence-corrected chi connectivity index (χ2v) is 5.79. The molecular weight excluding hydrogens is 208 g/mol. The Hall–Kier alpha value is 0.230. The van der Waals surface area contributed by atoms with E-state index in [0.29, 0.717) is 6.10 Å². The number of hydrogen-bond donors (Lipinski definition) is 1. The number of ether oxygens (including phenoxy) is 1. The molecule has 2 unspecified atom stereocenters. The standard InChI is InChI=1S/C11H22N2OS/c1-13-3-4-14-11(8-13)7-12-6-10-2-5-15-9-10/h10-12H,2-9H2,1H3. The van der Waals surface area contributed by atoms with E-state index in [1.807, 2.05) is 0 Å². The molecular formula is C11H22N2OS. The quantitative estimate of drug-likeness (QED) is 0.767. The Balaban J connectivity index is 1.56. The Morgan fingerprint density at radius 1 is 1.47 bits per heavy atom. The molecule has 4 heteroatoms. The molecule has 2 fully saturated rings. The van der Waals surface area contributed by atoms with Crippen LogP contribution in [-0.2, 0) is 4.74 Å². The number of hydrogen-bond acceptors (Lipinski definition) is 4. The van der Waals surface area contributed by atoms with Crippen LogP contribution in [0.15, 0.2) is 0 Å². The molecule has 0 aromatic rings. The zero-order chi connectivity index (χ0) is 10.5. The van der Waals surface area contributed by atoms with Crippen LogP contribution >= 0.6 is 11.8 Å². The molecule has 2 aliphatic heterocycles. The third-order valence-corrected chi connectivity index (χ3v) is 4.40. The molecule has 2 atom stereocenters. The lowest BCUT2D eigenvalue weighted by Crippen LogP contribution is -2.45. The van der Waals surface area contributed by atoms with Gasteiger partial charge in [-0.3, -0.25) is 0 Å². The van der Waals surface area contributed by atoms with Crippen molar-refractivity contribution in [2.45, 2.75) is 12.5 Å². The lowest BCUT2D eigenvalue weighted by Gasteiger charge is -2.30. The van der Waals surface area contributed by atoms with Crippen molar-refractivity contribution in [3.63, 3.8) is 0 Å². The number of nitrogens with one attached hydrogen (secondary N) is 1. The van der Waals surface area contributed by atoms with E-state index >= 15 is 0 Å². The van der Waals surface area contributed by atoms with Gasteiger partial charge in [-0.1, -0.05) is 0 Å². The van der Waals surface area contributed by atoms with Crippen molar-refractivity contribution in [2.24, 2.45) is 5.92 Å². The van der Waals surface area contributed by atoms with E-state index in [-0.39, 0.29) is 0 Å². The smallest absolute Gasteiger partial charge is 0.0826 e. The lowest BCUT2D eigenvalue weighted by atomic mass is 10.1. The molecule has 1 N–H and O–H groups in total. The minimum atomic E-state index is 0.401. The molecule has 0 aliphatic carbocycles. The molecule has 0 aromatic carbocycles. The molecule has 15 heavy (non-hydrogen) atoms. The van der Waals surface area contributed by atoms with Gasteiger partial charge in [0.1, 0.15) is 0 Å². The van der Waals surface area contributed by atoms with Crippen molar-refractivity contribution in [1.82, 2.24) is 10.2 Å².